The number of hydrazone groups is 1. The third kappa shape index (κ3) is 5.04. The Bertz CT molecular complexity index is 962. The van der Waals surface area contributed by atoms with Crippen LogP contribution in [0, 0.1) is 19.7 Å². The topological polar surface area (TPSA) is 63.8 Å². The summed E-state index contributed by atoms with van der Waals surface area (Å²) >= 11 is 0. The molecule has 0 atom stereocenters. The van der Waals surface area contributed by atoms with E-state index in [0.29, 0.717) is 17.3 Å². The first kappa shape index (κ1) is 18.4. The van der Waals surface area contributed by atoms with Crippen molar-refractivity contribution in [1.82, 2.24) is 5.43 Å². The first-order chi connectivity index (χ1) is 13.0. The molecule has 0 spiro atoms. The van der Waals surface area contributed by atoms with Crippen LogP contribution in [-0.4, -0.2) is 18.7 Å². The van der Waals surface area contributed by atoms with Crippen molar-refractivity contribution in [2.24, 2.45) is 5.10 Å². The Hall–Kier alpha value is -3.41. The maximum Gasteiger partial charge on any atom is 0.277 e. The Morgan fingerprint density at radius 3 is 2.67 bits per heavy atom. The second-order valence-electron chi connectivity index (χ2n) is 6.06. The minimum Gasteiger partial charge on any atom is -0.483 e. The molecule has 0 saturated heterocycles. The molecule has 2 aromatic carbocycles. The zero-order valence-corrected chi connectivity index (χ0v) is 15.0. The number of hydrogen-bond donors (Lipinski definition) is 1. The van der Waals surface area contributed by atoms with Crippen LogP contribution in [0.2, 0.25) is 0 Å². The van der Waals surface area contributed by atoms with Crippen molar-refractivity contribution >= 4 is 12.1 Å². The molecule has 3 rings (SSSR count). The number of halogens is 1. The standard InChI is InChI=1S/C21H19FN2O3/c1-14-3-9-19(15(2)11-14)26-13-21(25)24-23-12-18-8-10-20(27-18)16-4-6-17(22)7-5-16/h3-12H,13H2,1-2H3,(H,24,25). The molecule has 1 amide bonds. The zero-order chi connectivity index (χ0) is 19.2. The molecule has 1 aromatic heterocycles. The van der Waals surface area contributed by atoms with E-state index in [4.69, 9.17) is 9.15 Å². The number of carbonyl (C=O) groups excluding carboxylic acids is 1. The summed E-state index contributed by atoms with van der Waals surface area (Å²) in [5.41, 5.74) is 5.24. The SMILES string of the molecule is Cc1ccc(OCC(=O)NN=Cc2ccc(-c3ccc(F)cc3)o2)c(C)c1. The summed E-state index contributed by atoms with van der Waals surface area (Å²) in [7, 11) is 0. The number of hydrogen-bond acceptors (Lipinski definition) is 4. The van der Waals surface area contributed by atoms with E-state index in [-0.39, 0.29) is 18.3 Å². The largest absolute Gasteiger partial charge is 0.483 e. The molecule has 0 fully saturated rings. The quantitative estimate of drug-likeness (QED) is 0.524. The number of aryl methyl sites for hydroxylation is 2. The van der Waals surface area contributed by atoms with Crippen molar-refractivity contribution in [2.75, 3.05) is 6.61 Å². The maximum atomic E-state index is 13.0. The van der Waals surface area contributed by atoms with Crippen molar-refractivity contribution in [3.63, 3.8) is 0 Å². The Morgan fingerprint density at radius 2 is 1.93 bits per heavy atom. The van der Waals surface area contributed by atoms with E-state index >= 15 is 0 Å². The first-order valence-corrected chi connectivity index (χ1v) is 8.39. The number of ether oxygens (including phenoxy) is 1. The van der Waals surface area contributed by atoms with E-state index < -0.39 is 0 Å². The third-order valence-electron chi connectivity index (χ3n) is 3.83. The van der Waals surface area contributed by atoms with Gasteiger partial charge < -0.3 is 9.15 Å². The molecule has 0 radical (unpaired) electrons. The molecule has 5 nitrogen and oxygen atoms in total. The molecule has 0 aliphatic heterocycles. The number of rotatable bonds is 6. The lowest BCUT2D eigenvalue weighted by Gasteiger charge is -2.08. The Labute approximate surface area is 156 Å². The van der Waals surface area contributed by atoms with Crippen LogP contribution in [0.1, 0.15) is 16.9 Å². The summed E-state index contributed by atoms with van der Waals surface area (Å²) in [6.45, 7) is 3.78. The van der Waals surface area contributed by atoms with Crippen LogP contribution in [0.3, 0.4) is 0 Å². The number of furan rings is 1. The fourth-order valence-corrected chi connectivity index (χ4v) is 2.50. The number of nitrogens with one attached hydrogen (secondary N) is 1. The summed E-state index contributed by atoms with van der Waals surface area (Å²) in [4.78, 5) is 11.8. The molecule has 138 valence electrons. The zero-order valence-electron chi connectivity index (χ0n) is 15.0. The highest BCUT2D eigenvalue weighted by molar-refractivity contribution is 5.81. The van der Waals surface area contributed by atoms with Gasteiger partial charge in [0, 0.05) is 5.56 Å². The van der Waals surface area contributed by atoms with Crippen LogP contribution in [0.4, 0.5) is 4.39 Å². The molecule has 1 N–H and O–H groups in total. The summed E-state index contributed by atoms with van der Waals surface area (Å²) in [6, 6.07) is 15.2. The van der Waals surface area contributed by atoms with Gasteiger partial charge in [-0.05, 0) is 61.9 Å². The second-order valence-corrected chi connectivity index (χ2v) is 6.06. The molecule has 1 heterocycles. The maximum absolute atomic E-state index is 13.0. The molecule has 6 heteroatoms. The van der Waals surface area contributed by atoms with Gasteiger partial charge in [0.05, 0.1) is 6.21 Å². The van der Waals surface area contributed by atoms with Crippen molar-refractivity contribution in [3.8, 4) is 17.1 Å². The van der Waals surface area contributed by atoms with E-state index in [1.807, 2.05) is 32.0 Å². The van der Waals surface area contributed by atoms with Crippen LogP contribution in [0.5, 0.6) is 5.75 Å². The number of nitrogens with zero attached hydrogens (tertiary/aromatic N) is 1. The summed E-state index contributed by atoms with van der Waals surface area (Å²) in [5, 5.41) is 3.85. The minimum absolute atomic E-state index is 0.139. The lowest BCUT2D eigenvalue weighted by atomic mass is 10.1. The van der Waals surface area contributed by atoms with E-state index in [1.165, 1.54) is 18.3 Å². The molecule has 27 heavy (non-hydrogen) atoms. The molecular weight excluding hydrogens is 347 g/mol. The lowest BCUT2D eigenvalue weighted by Crippen LogP contribution is -2.24. The highest BCUT2D eigenvalue weighted by Crippen LogP contribution is 2.21. The van der Waals surface area contributed by atoms with E-state index in [1.54, 1.807) is 24.3 Å². The predicted molar refractivity (Wildman–Crippen MR) is 101 cm³/mol. The normalized spacial score (nSPS) is 10.9. The Kier molecular flexibility index (Phi) is 5.66. The predicted octanol–water partition coefficient (Wildman–Crippen LogP) is 4.23. The van der Waals surface area contributed by atoms with Gasteiger partial charge in [0.15, 0.2) is 6.61 Å². The lowest BCUT2D eigenvalue weighted by molar-refractivity contribution is -0.123. The molecule has 0 saturated carbocycles. The third-order valence-corrected chi connectivity index (χ3v) is 3.83. The van der Waals surface area contributed by atoms with Crippen LogP contribution in [-0.2, 0) is 4.79 Å². The molecule has 0 aliphatic carbocycles. The minimum atomic E-state index is -0.378. The molecular formula is C21H19FN2O3. The number of amides is 1. The van der Waals surface area contributed by atoms with Crippen LogP contribution in [0.25, 0.3) is 11.3 Å². The van der Waals surface area contributed by atoms with Gasteiger partial charge in [0.1, 0.15) is 23.1 Å². The van der Waals surface area contributed by atoms with Gasteiger partial charge >= 0.3 is 0 Å². The number of carbonyl (C=O) groups is 1. The fourth-order valence-electron chi connectivity index (χ4n) is 2.50. The van der Waals surface area contributed by atoms with E-state index in [9.17, 15) is 9.18 Å². The second kappa shape index (κ2) is 8.31. The summed E-state index contributed by atoms with van der Waals surface area (Å²) < 4.78 is 24.0. The number of benzene rings is 2. The summed E-state index contributed by atoms with van der Waals surface area (Å²) in [6.07, 6.45) is 1.39. The van der Waals surface area contributed by atoms with Crippen LogP contribution in [0.15, 0.2) is 64.1 Å². The van der Waals surface area contributed by atoms with Crippen LogP contribution < -0.4 is 10.2 Å². The molecule has 0 aliphatic rings. The van der Waals surface area contributed by atoms with Crippen molar-refractivity contribution in [3.05, 3.63) is 77.3 Å². The van der Waals surface area contributed by atoms with Crippen molar-refractivity contribution in [1.29, 1.82) is 0 Å². The van der Waals surface area contributed by atoms with Gasteiger partial charge in [-0.25, -0.2) is 9.82 Å². The van der Waals surface area contributed by atoms with E-state index in [0.717, 1.165) is 16.7 Å². The van der Waals surface area contributed by atoms with E-state index in [2.05, 4.69) is 10.5 Å². The van der Waals surface area contributed by atoms with Gasteiger partial charge in [-0.2, -0.15) is 5.10 Å². The van der Waals surface area contributed by atoms with Crippen molar-refractivity contribution in [2.45, 2.75) is 13.8 Å². The fraction of sp³-hybridized carbons (Fsp3) is 0.143. The molecule has 0 bridgehead atoms. The highest BCUT2D eigenvalue weighted by atomic mass is 19.1. The highest BCUT2D eigenvalue weighted by Gasteiger charge is 2.06. The Balaban J connectivity index is 1.51. The monoisotopic (exact) mass is 366 g/mol. The average Bonchev–Trinajstić information content (AvgIpc) is 3.10. The smallest absolute Gasteiger partial charge is 0.277 e. The average molecular weight is 366 g/mol. The van der Waals surface area contributed by atoms with Gasteiger partial charge in [-0.3, -0.25) is 4.79 Å². The van der Waals surface area contributed by atoms with Crippen LogP contribution >= 0.6 is 0 Å². The first-order valence-electron chi connectivity index (χ1n) is 8.39. The van der Waals surface area contributed by atoms with Gasteiger partial charge in [0.2, 0.25) is 0 Å². The molecule has 3 aromatic rings. The van der Waals surface area contributed by atoms with Gasteiger partial charge in [-0.15, -0.1) is 0 Å². The van der Waals surface area contributed by atoms with Crippen molar-refractivity contribution < 1.29 is 18.3 Å². The molecule has 0 unspecified atom stereocenters. The summed E-state index contributed by atoms with van der Waals surface area (Å²) in [5.74, 6) is 1.02. The van der Waals surface area contributed by atoms with Gasteiger partial charge in [0.25, 0.3) is 5.91 Å². The van der Waals surface area contributed by atoms with Gasteiger partial charge in [-0.1, -0.05) is 17.7 Å². The Morgan fingerprint density at radius 1 is 1.15 bits per heavy atom.